The number of nitro benzene ring substituents is 1. The molecule has 0 saturated carbocycles. The van der Waals surface area contributed by atoms with Crippen LogP contribution in [-0.2, 0) is 30.1 Å². The highest BCUT2D eigenvalue weighted by Crippen LogP contribution is 2.32. The Morgan fingerprint density at radius 2 is 1.41 bits per heavy atom. The van der Waals surface area contributed by atoms with Gasteiger partial charge in [0.2, 0.25) is 10.0 Å². The second-order valence-electron chi connectivity index (χ2n) is 6.76. The van der Waals surface area contributed by atoms with Gasteiger partial charge in [0.05, 0.1) is 20.4 Å². The number of anilines is 3. The van der Waals surface area contributed by atoms with E-state index in [0.717, 1.165) is 18.2 Å². The van der Waals surface area contributed by atoms with E-state index in [1.54, 1.807) is 0 Å². The molecule has 180 valence electrons. The molecule has 0 atom stereocenters. The smallest absolute Gasteiger partial charge is 0.294 e. The lowest BCUT2D eigenvalue weighted by molar-refractivity contribution is -0.384. The number of hydrogen-bond donors (Lipinski definition) is 4. The second-order valence-corrected chi connectivity index (χ2v) is 11.9. The van der Waals surface area contributed by atoms with Gasteiger partial charge in [-0.2, -0.15) is 0 Å². The summed E-state index contributed by atoms with van der Waals surface area (Å²) >= 11 is 0. The van der Waals surface area contributed by atoms with Crippen molar-refractivity contribution in [2.24, 2.45) is 5.14 Å². The number of nitrogens with zero attached hydrogens (tertiary/aromatic N) is 1. The summed E-state index contributed by atoms with van der Waals surface area (Å²) in [5.41, 5.74) is 4.57. The molecule has 0 aliphatic carbocycles. The summed E-state index contributed by atoms with van der Waals surface area (Å²) in [4.78, 5) is 9.25. The molecule has 0 radical (unpaired) electrons. The summed E-state index contributed by atoms with van der Waals surface area (Å²) in [7, 11) is -13.4. The number of hydrogen-bond acceptors (Lipinski definition) is 10. The Hall–Kier alpha value is -3.57. The van der Waals surface area contributed by atoms with Crippen molar-refractivity contribution in [1.29, 1.82) is 0 Å². The summed E-state index contributed by atoms with van der Waals surface area (Å²) in [6.45, 7) is 0. The summed E-state index contributed by atoms with van der Waals surface area (Å²) in [6.07, 6.45) is 0. The molecule has 6 N–H and O–H groups in total. The standard InChI is InChI=1S/C18H17N5O8S3/c19-15-8-6-12(10-18(15)32(20,26)27)21-16-9-7-14(11-17(16)23(24)25)34(30,31)22-33(28,29)13-4-2-1-3-5-13/h1-11,21-22H,19H2,(H2,20,26,27). The Morgan fingerprint density at radius 3 is 2.00 bits per heavy atom. The van der Waals surface area contributed by atoms with Crippen LogP contribution in [0.15, 0.2) is 81.4 Å². The van der Waals surface area contributed by atoms with Gasteiger partial charge < -0.3 is 11.1 Å². The predicted molar refractivity (Wildman–Crippen MR) is 123 cm³/mol. The molecule has 0 spiro atoms. The van der Waals surface area contributed by atoms with Gasteiger partial charge in [-0.25, -0.2) is 30.4 Å². The van der Waals surface area contributed by atoms with E-state index in [4.69, 9.17) is 10.9 Å². The number of nitrogens with two attached hydrogens (primary N) is 2. The third-order valence-corrected chi connectivity index (χ3v) is 8.84. The van der Waals surface area contributed by atoms with Gasteiger partial charge in [-0.1, -0.05) is 18.2 Å². The summed E-state index contributed by atoms with van der Waals surface area (Å²) in [5, 5.41) is 19.3. The molecule has 0 amide bonds. The zero-order chi connectivity index (χ0) is 25.3. The Bertz CT molecular complexity index is 1590. The molecule has 16 heteroatoms. The number of benzene rings is 3. The Kier molecular flexibility index (Phi) is 6.63. The maximum Gasteiger partial charge on any atom is 0.294 e. The first-order valence-electron chi connectivity index (χ1n) is 9.02. The number of nitro groups is 1. The first-order chi connectivity index (χ1) is 15.7. The van der Waals surface area contributed by atoms with E-state index in [-0.39, 0.29) is 22.0 Å². The van der Waals surface area contributed by atoms with E-state index >= 15 is 0 Å². The van der Waals surface area contributed by atoms with Crippen molar-refractivity contribution in [2.45, 2.75) is 14.7 Å². The second kappa shape index (κ2) is 8.99. The van der Waals surface area contributed by atoms with Gasteiger partial charge in [-0.15, -0.1) is 4.13 Å². The Labute approximate surface area is 194 Å². The molecule has 3 rings (SSSR count). The monoisotopic (exact) mass is 527 g/mol. The van der Waals surface area contributed by atoms with Crippen LogP contribution in [0, 0.1) is 10.1 Å². The highest BCUT2D eigenvalue weighted by atomic mass is 32.3. The van der Waals surface area contributed by atoms with Crippen LogP contribution in [0.25, 0.3) is 0 Å². The average molecular weight is 528 g/mol. The zero-order valence-electron chi connectivity index (χ0n) is 16.9. The lowest BCUT2D eigenvalue weighted by Gasteiger charge is -2.12. The van der Waals surface area contributed by atoms with Crippen LogP contribution in [0.3, 0.4) is 0 Å². The third kappa shape index (κ3) is 5.49. The van der Waals surface area contributed by atoms with Gasteiger partial charge in [-0.05, 0) is 42.5 Å². The minimum absolute atomic E-state index is 0.0571. The van der Waals surface area contributed by atoms with E-state index < -0.39 is 50.5 Å². The normalized spacial score (nSPS) is 12.3. The van der Waals surface area contributed by atoms with Crippen molar-refractivity contribution >= 4 is 52.8 Å². The van der Waals surface area contributed by atoms with Gasteiger partial charge >= 0.3 is 0 Å². The maximum atomic E-state index is 12.6. The molecule has 13 nitrogen and oxygen atoms in total. The topological polar surface area (TPSA) is 222 Å². The number of rotatable bonds is 8. The Balaban J connectivity index is 1.99. The van der Waals surface area contributed by atoms with Gasteiger partial charge in [0.25, 0.3) is 25.7 Å². The quantitative estimate of drug-likeness (QED) is 0.186. The molecular weight excluding hydrogens is 510 g/mol. The van der Waals surface area contributed by atoms with Crippen molar-refractivity contribution in [3.05, 3.63) is 76.8 Å². The molecule has 0 aromatic heterocycles. The van der Waals surface area contributed by atoms with Crippen LogP contribution in [-0.4, -0.2) is 30.2 Å². The number of nitrogens with one attached hydrogen (secondary N) is 2. The van der Waals surface area contributed by atoms with Crippen LogP contribution in [0.5, 0.6) is 0 Å². The lowest BCUT2D eigenvalue weighted by atomic mass is 10.2. The van der Waals surface area contributed by atoms with Crippen molar-refractivity contribution in [1.82, 2.24) is 4.13 Å². The minimum atomic E-state index is -4.73. The summed E-state index contributed by atoms with van der Waals surface area (Å²) < 4.78 is 74.9. The fraction of sp³-hybridized carbons (Fsp3) is 0. The number of primary sulfonamides is 1. The van der Waals surface area contributed by atoms with Gasteiger partial charge in [0.15, 0.2) is 0 Å². The van der Waals surface area contributed by atoms with Crippen molar-refractivity contribution < 1.29 is 30.2 Å². The molecule has 0 bridgehead atoms. The summed E-state index contributed by atoms with van der Waals surface area (Å²) in [5.74, 6) is 0. The Morgan fingerprint density at radius 1 is 0.794 bits per heavy atom. The van der Waals surface area contributed by atoms with E-state index in [9.17, 15) is 35.4 Å². The molecule has 0 unspecified atom stereocenters. The van der Waals surface area contributed by atoms with Crippen LogP contribution in [0.1, 0.15) is 0 Å². The summed E-state index contributed by atoms with van der Waals surface area (Å²) in [6, 6.07) is 12.9. The van der Waals surface area contributed by atoms with Crippen LogP contribution < -0.4 is 20.3 Å². The van der Waals surface area contributed by atoms with E-state index in [1.165, 1.54) is 46.6 Å². The fourth-order valence-electron chi connectivity index (χ4n) is 2.79. The molecule has 3 aromatic carbocycles. The predicted octanol–water partition coefficient (Wildman–Crippen LogP) is 1.24. The highest BCUT2D eigenvalue weighted by molar-refractivity contribution is 8.04. The first-order valence-corrected chi connectivity index (χ1v) is 13.5. The highest BCUT2D eigenvalue weighted by Gasteiger charge is 2.27. The molecule has 0 fully saturated rings. The first kappa shape index (κ1) is 25.1. The molecule has 34 heavy (non-hydrogen) atoms. The molecule has 0 aliphatic heterocycles. The van der Waals surface area contributed by atoms with E-state index in [1.807, 2.05) is 0 Å². The van der Waals surface area contributed by atoms with E-state index in [0.29, 0.717) is 6.07 Å². The van der Waals surface area contributed by atoms with Gasteiger partial charge in [0, 0.05) is 11.8 Å². The van der Waals surface area contributed by atoms with Gasteiger partial charge in [0.1, 0.15) is 10.6 Å². The number of nitrogen functional groups attached to an aromatic ring is 1. The third-order valence-electron chi connectivity index (χ3n) is 4.35. The molecular formula is C18H17N5O8S3. The lowest BCUT2D eigenvalue weighted by Crippen LogP contribution is -2.30. The fourth-order valence-corrected chi connectivity index (χ4v) is 6.43. The molecule has 0 heterocycles. The van der Waals surface area contributed by atoms with E-state index in [2.05, 4.69) is 5.32 Å². The van der Waals surface area contributed by atoms with Crippen LogP contribution in [0.4, 0.5) is 22.7 Å². The van der Waals surface area contributed by atoms with Crippen molar-refractivity contribution in [2.75, 3.05) is 11.1 Å². The SMILES string of the molecule is Nc1ccc(Nc2ccc(S(=O)(=O)NS(=O)(=O)c3ccccc3)cc2[N+](=O)[O-])cc1S(N)(=O)=O. The van der Waals surface area contributed by atoms with Gasteiger partial charge in [-0.3, -0.25) is 10.1 Å². The minimum Gasteiger partial charge on any atom is -0.398 e. The van der Waals surface area contributed by atoms with Crippen molar-refractivity contribution in [3.63, 3.8) is 0 Å². The van der Waals surface area contributed by atoms with Crippen molar-refractivity contribution in [3.8, 4) is 0 Å². The zero-order valence-corrected chi connectivity index (χ0v) is 19.4. The van der Waals surface area contributed by atoms with Crippen LogP contribution in [0.2, 0.25) is 0 Å². The number of sulfonamides is 3. The van der Waals surface area contributed by atoms with Crippen LogP contribution >= 0.6 is 0 Å². The molecule has 3 aromatic rings. The maximum absolute atomic E-state index is 12.6. The molecule has 0 saturated heterocycles. The molecule has 0 aliphatic rings. The largest absolute Gasteiger partial charge is 0.398 e. The average Bonchev–Trinajstić information content (AvgIpc) is 2.74.